The van der Waals surface area contributed by atoms with Crippen molar-refractivity contribution in [1.82, 2.24) is 4.98 Å². The number of carbonyl (C=O) groups excluding carboxylic acids is 1. The summed E-state index contributed by atoms with van der Waals surface area (Å²) >= 11 is 0. The highest BCUT2D eigenvalue weighted by Gasteiger charge is 2.31. The van der Waals surface area contributed by atoms with E-state index in [2.05, 4.69) is 4.98 Å². The Morgan fingerprint density at radius 3 is 2.55 bits per heavy atom. The van der Waals surface area contributed by atoms with Gasteiger partial charge in [-0.2, -0.15) is 0 Å². The summed E-state index contributed by atoms with van der Waals surface area (Å²) in [6.07, 6.45) is 0. The molecule has 3 aliphatic heterocycles. The van der Waals surface area contributed by atoms with Crippen molar-refractivity contribution in [3.8, 4) is 39.9 Å². The molecule has 0 fully saturated rings. The quantitative estimate of drug-likeness (QED) is 0.614. The second-order valence-electron chi connectivity index (χ2n) is 6.81. The van der Waals surface area contributed by atoms with Gasteiger partial charge in [-0.3, -0.25) is 0 Å². The molecule has 146 valence electrons. The van der Waals surface area contributed by atoms with Crippen LogP contribution in [0.15, 0.2) is 24.3 Å². The predicted molar refractivity (Wildman–Crippen MR) is 100.0 cm³/mol. The van der Waals surface area contributed by atoms with Crippen molar-refractivity contribution in [2.45, 2.75) is 6.61 Å². The van der Waals surface area contributed by atoms with Crippen LogP contribution in [0.3, 0.4) is 0 Å². The van der Waals surface area contributed by atoms with E-state index in [0.29, 0.717) is 64.3 Å². The van der Waals surface area contributed by atoms with Crippen LogP contribution in [0.4, 0.5) is 0 Å². The van der Waals surface area contributed by atoms with E-state index < -0.39 is 5.97 Å². The van der Waals surface area contributed by atoms with Crippen LogP contribution in [0.5, 0.6) is 28.7 Å². The van der Waals surface area contributed by atoms with Crippen LogP contribution in [0.25, 0.3) is 22.0 Å². The molecule has 0 bridgehead atoms. The normalized spacial score (nSPS) is 16.0. The SMILES string of the molecule is COc1cc(-c2c3c(nc4cc5c(cc24)OCCO5)COC3=O)cc2c1OCO2. The first-order valence-corrected chi connectivity index (χ1v) is 9.14. The van der Waals surface area contributed by atoms with Crippen LogP contribution in [0.2, 0.25) is 0 Å². The molecule has 0 N–H and O–H groups in total. The first-order valence-electron chi connectivity index (χ1n) is 9.14. The molecule has 3 aromatic rings. The number of benzene rings is 2. The molecule has 0 saturated carbocycles. The number of pyridine rings is 1. The average molecular weight is 393 g/mol. The average Bonchev–Trinajstić information content (AvgIpc) is 3.36. The van der Waals surface area contributed by atoms with Crippen LogP contribution in [0, 0.1) is 0 Å². The first-order chi connectivity index (χ1) is 14.2. The number of carbonyl (C=O) groups is 1. The number of fused-ring (bicyclic) bond motifs is 4. The van der Waals surface area contributed by atoms with Crippen LogP contribution in [-0.2, 0) is 11.3 Å². The molecule has 4 heterocycles. The van der Waals surface area contributed by atoms with E-state index in [1.165, 1.54) is 0 Å². The van der Waals surface area contributed by atoms with Gasteiger partial charge in [-0.25, -0.2) is 9.78 Å². The van der Waals surface area contributed by atoms with E-state index in [-0.39, 0.29) is 13.4 Å². The van der Waals surface area contributed by atoms with Gasteiger partial charge in [0.05, 0.1) is 23.9 Å². The molecule has 29 heavy (non-hydrogen) atoms. The lowest BCUT2D eigenvalue weighted by Gasteiger charge is -2.20. The fourth-order valence-corrected chi connectivity index (χ4v) is 3.96. The number of cyclic esters (lactones) is 1. The van der Waals surface area contributed by atoms with E-state index in [0.717, 1.165) is 10.9 Å². The topological polar surface area (TPSA) is 85.3 Å². The van der Waals surface area contributed by atoms with Gasteiger partial charge in [0.1, 0.15) is 19.8 Å². The minimum absolute atomic E-state index is 0.116. The zero-order valence-corrected chi connectivity index (χ0v) is 15.4. The van der Waals surface area contributed by atoms with Gasteiger partial charge in [-0.1, -0.05) is 0 Å². The van der Waals surface area contributed by atoms with Crippen molar-refractivity contribution in [2.75, 3.05) is 27.1 Å². The Kier molecular flexibility index (Phi) is 3.32. The molecule has 0 unspecified atom stereocenters. The van der Waals surface area contributed by atoms with Gasteiger partial charge in [0, 0.05) is 17.0 Å². The van der Waals surface area contributed by atoms with Crippen LogP contribution < -0.4 is 23.7 Å². The highest BCUT2D eigenvalue weighted by atomic mass is 16.7. The van der Waals surface area contributed by atoms with Gasteiger partial charge in [-0.05, 0) is 23.8 Å². The van der Waals surface area contributed by atoms with Gasteiger partial charge in [0.2, 0.25) is 12.5 Å². The Labute approximate surface area is 164 Å². The standard InChI is InChI=1S/C21H15NO7/c1-24-16-4-10(5-17-20(16)29-9-28-17)18-11-6-14-15(26-3-2-25-14)7-12(11)22-13-8-27-21(23)19(13)18/h4-7H,2-3,8-9H2,1H3. The van der Waals surface area contributed by atoms with E-state index in [1.807, 2.05) is 24.3 Å². The number of ether oxygens (including phenoxy) is 6. The molecular weight excluding hydrogens is 378 g/mol. The highest BCUT2D eigenvalue weighted by molar-refractivity contribution is 6.10. The second-order valence-corrected chi connectivity index (χ2v) is 6.81. The zero-order chi connectivity index (χ0) is 19.5. The van der Waals surface area contributed by atoms with E-state index in [9.17, 15) is 4.79 Å². The van der Waals surface area contributed by atoms with Crippen molar-refractivity contribution in [1.29, 1.82) is 0 Å². The Morgan fingerprint density at radius 2 is 1.72 bits per heavy atom. The molecule has 2 aromatic carbocycles. The van der Waals surface area contributed by atoms with Gasteiger partial charge >= 0.3 is 5.97 Å². The number of rotatable bonds is 2. The lowest BCUT2D eigenvalue weighted by molar-refractivity contribution is 0.0534. The third-order valence-electron chi connectivity index (χ3n) is 5.22. The molecule has 0 radical (unpaired) electrons. The molecule has 0 atom stereocenters. The number of hydrogen-bond acceptors (Lipinski definition) is 8. The number of esters is 1. The maximum absolute atomic E-state index is 12.6. The van der Waals surface area contributed by atoms with Crippen LogP contribution in [-0.4, -0.2) is 38.1 Å². The van der Waals surface area contributed by atoms with Gasteiger partial charge in [0.25, 0.3) is 0 Å². The summed E-state index contributed by atoms with van der Waals surface area (Å²) < 4.78 is 33.3. The molecule has 0 saturated heterocycles. The van der Waals surface area contributed by atoms with Gasteiger partial charge in [0.15, 0.2) is 23.0 Å². The molecular formula is C21H15NO7. The summed E-state index contributed by atoms with van der Waals surface area (Å²) in [7, 11) is 1.56. The molecule has 8 nitrogen and oxygen atoms in total. The van der Waals surface area contributed by atoms with Gasteiger partial charge in [-0.15, -0.1) is 0 Å². The Balaban J connectivity index is 1.69. The minimum atomic E-state index is -0.407. The van der Waals surface area contributed by atoms with Crippen LogP contribution in [0.1, 0.15) is 16.1 Å². The Bertz CT molecular complexity index is 1200. The smallest absolute Gasteiger partial charge is 0.341 e. The van der Waals surface area contributed by atoms with Crippen molar-refractivity contribution < 1.29 is 33.2 Å². The second kappa shape index (κ2) is 5.91. The summed E-state index contributed by atoms with van der Waals surface area (Å²) in [6.45, 7) is 1.20. The maximum Gasteiger partial charge on any atom is 0.341 e. The van der Waals surface area contributed by atoms with Crippen molar-refractivity contribution in [3.05, 3.63) is 35.5 Å². The molecule has 6 rings (SSSR count). The van der Waals surface area contributed by atoms with Crippen molar-refractivity contribution >= 4 is 16.9 Å². The predicted octanol–water partition coefficient (Wildman–Crippen LogP) is 3.08. The lowest BCUT2D eigenvalue weighted by Crippen LogP contribution is -2.15. The summed E-state index contributed by atoms with van der Waals surface area (Å²) in [5.41, 5.74) is 3.16. The monoisotopic (exact) mass is 393 g/mol. The number of hydrogen-bond donors (Lipinski definition) is 0. The summed E-state index contributed by atoms with van der Waals surface area (Å²) in [5, 5.41) is 0.757. The molecule has 0 spiro atoms. The highest BCUT2D eigenvalue weighted by Crippen LogP contribution is 2.48. The van der Waals surface area contributed by atoms with Gasteiger partial charge < -0.3 is 28.4 Å². The number of nitrogens with zero attached hydrogens (tertiary/aromatic N) is 1. The molecule has 0 amide bonds. The molecule has 0 aliphatic carbocycles. The lowest BCUT2D eigenvalue weighted by atomic mass is 9.94. The largest absolute Gasteiger partial charge is 0.493 e. The minimum Gasteiger partial charge on any atom is -0.493 e. The van der Waals surface area contributed by atoms with Crippen molar-refractivity contribution in [3.63, 3.8) is 0 Å². The Morgan fingerprint density at radius 1 is 0.897 bits per heavy atom. The summed E-state index contributed by atoms with van der Waals surface area (Å²) in [5.74, 6) is 2.47. The van der Waals surface area contributed by atoms with E-state index in [4.69, 9.17) is 28.4 Å². The van der Waals surface area contributed by atoms with Crippen LogP contribution >= 0.6 is 0 Å². The molecule has 1 aromatic heterocycles. The molecule has 8 heteroatoms. The first kappa shape index (κ1) is 16.3. The maximum atomic E-state index is 12.6. The van der Waals surface area contributed by atoms with E-state index in [1.54, 1.807) is 7.11 Å². The van der Waals surface area contributed by atoms with E-state index >= 15 is 0 Å². The Hall–Kier alpha value is -3.68. The number of methoxy groups -OCH3 is 1. The fraction of sp³-hybridized carbons (Fsp3) is 0.238. The zero-order valence-electron chi connectivity index (χ0n) is 15.4. The number of aromatic nitrogens is 1. The summed E-state index contributed by atoms with van der Waals surface area (Å²) in [4.78, 5) is 17.2. The third-order valence-corrected chi connectivity index (χ3v) is 5.22. The summed E-state index contributed by atoms with van der Waals surface area (Å²) in [6, 6.07) is 7.35. The third kappa shape index (κ3) is 2.32. The van der Waals surface area contributed by atoms with Crippen molar-refractivity contribution in [2.24, 2.45) is 0 Å². The fourth-order valence-electron chi connectivity index (χ4n) is 3.96. The molecule has 3 aliphatic rings.